The number of amides is 1. The average Bonchev–Trinajstić information content (AvgIpc) is 3.40. The Hall–Kier alpha value is -1.49. The summed E-state index contributed by atoms with van der Waals surface area (Å²) in [4.78, 5) is 20.8. The van der Waals surface area contributed by atoms with E-state index in [1.54, 1.807) is 0 Å². The van der Waals surface area contributed by atoms with Gasteiger partial charge in [-0.05, 0) is 39.3 Å². The van der Waals surface area contributed by atoms with E-state index >= 15 is 0 Å². The average molecular weight is 535 g/mol. The predicted octanol–water partition coefficient (Wildman–Crippen LogP) is 2.55. The molecule has 2 unspecified atom stereocenters. The molecule has 3 rings (SSSR count). The van der Waals surface area contributed by atoms with Gasteiger partial charge in [0.15, 0.2) is 5.96 Å². The van der Waals surface area contributed by atoms with Crippen LogP contribution in [0.25, 0.3) is 0 Å². The van der Waals surface area contributed by atoms with Crippen molar-refractivity contribution in [2.45, 2.75) is 45.2 Å². The number of piperazine rings is 1. The molecule has 0 bridgehead atoms. The van der Waals surface area contributed by atoms with Gasteiger partial charge >= 0.3 is 0 Å². The summed E-state index contributed by atoms with van der Waals surface area (Å²) in [7, 11) is 0. The van der Waals surface area contributed by atoms with Crippen LogP contribution in [0, 0.1) is 11.6 Å². The SMILES string of the molecule is CCN=C(NC1CC1c1c(F)cccc1F)N1CCN(CC(=O)NC(C)C)CC1.I. The van der Waals surface area contributed by atoms with Crippen molar-refractivity contribution in [1.82, 2.24) is 20.4 Å². The molecule has 1 aliphatic heterocycles. The molecular formula is C21H32F2IN5O. The zero-order valence-corrected chi connectivity index (χ0v) is 20.2. The van der Waals surface area contributed by atoms with Crippen molar-refractivity contribution in [2.24, 2.45) is 4.99 Å². The molecule has 2 atom stereocenters. The number of guanidine groups is 1. The normalized spacial score (nSPS) is 21.9. The third-order valence-corrected chi connectivity index (χ3v) is 5.27. The van der Waals surface area contributed by atoms with Crippen LogP contribution < -0.4 is 10.6 Å². The van der Waals surface area contributed by atoms with Gasteiger partial charge in [-0.15, -0.1) is 24.0 Å². The van der Waals surface area contributed by atoms with Crippen LogP contribution in [0.2, 0.25) is 0 Å². The summed E-state index contributed by atoms with van der Waals surface area (Å²) in [6, 6.07) is 4.14. The van der Waals surface area contributed by atoms with Crippen LogP contribution in [-0.2, 0) is 4.79 Å². The van der Waals surface area contributed by atoms with Crippen LogP contribution in [0.15, 0.2) is 23.2 Å². The minimum Gasteiger partial charge on any atom is -0.353 e. The maximum absolute atomic E-state index is 14.0. The highest BCUT2D eigenvalue weighted by atomic mass is 127. The molecule has 1 heterocycles. The fourth-order valence-electron chi connectivity index (χ4n) is 3.78. The van der Waals surface area contributed by atoms with Crippen LogP contribution in [0.3, 0.4) is 0 Å². The van der Waals surface area contributed by atoms with Crippen molar-refractivity contribution in [2.75, 3.05) is 39.3 Å². The Labute approximate surface area is 194 Å². The summed E-state index contributed by atoms with van der Waals surface area (Å²) in [6.45, 7) is 9.95. The fraction of sp³-hybridized carbons (Fsp3) is 0.619. The molecule has 1 aromatic carbocycles. The van der Waals surface area contributed by atoms with Crippen molar-refractivity contribution >= 4 is 35.8 Å². The fourth-order valence-corrected chi connectivity index (χ4v) is 3.78. The van der Waals surface area contributed by atoms with E-state index in [0.717, 1.165) is 32.1 Å². The number of benzene rings is 1. The molecular weight excluding hydrogens is 503 g/mol. The number of halogens is 3. The number of nitrogens with one attached hydrogen (secondary N) is 2. The van der Waals surface area contributed by atoms with Gasteiger partial charge in [0.25, 0.3) is 0 Å². The third-order valence-electron chi connectivity index (χ3n) is 5.27. The van der Waals surface area contributed by atoms with Crippen molar-refractivity contribution in [3.63, 3.8) is 0 Å². The summed E-state index contributed by atoms with van der Waals surface area (Å²) in [5.41, 5.74) is 0.168. The molecule has 1 saturated heterocycles. The molecule has 1 amide bonds. The van der Waals surface area contributed by atoms with E-state index in [0.29, 0.717) is 19.5 Å². The molecule has 9 heteroatoms. The minimum absolute atomic E-state index is 0. The van der Waals surface area contributed by atoms with E-state index in [9.17, 15) is 13.6 Å². The molecule has 30 heavy (non-hydrogen) atoms. The lowest BCUT2D eigenvalue weighted by Crippen LogP contribution is -2.54. The lowest BCUT2D eigenvalue weighted by Gasteiger charge is -2.36. The molecule has 0 spiro atoms. The summed E-state index contributed by atoms with van der Waals surface area (Å²) in [5.74, 6) is -0.313. The van der Waals surface area contributed by atoms with Crippen molar-refractivity contribution in [3.05, 3.63) is 35.4 Å². The largest absolute Gasteiger partial charge is 0.353 e. The lowest BCUT2D eigenvalue weighted by molar-refractivity contribution is -0.123. The standard InChI is InChI=1S/C21H31F2N5O.HI/c1-4-24-21(26-18-12-15(18)20-16(22)6-5-7-17(20)23)28-10-8-27(9-11-28)13-19(29)25-14(2)3;/h5-7,14-15,18H,4,8-13H2,1-3H3,(H,24,26)(H,25,29);1H. The second-order valence-electron chi connectivity index (χ2n) is 8.01. The Balaban J connectivity index is 0.00000320. The van der Waals surface area contributed by atoms with Crippen molar-refractivity contribution < 1.29 is 13.6 Å². The zero-order chi connectivity index (χ0) is 21.0. The molecule has 168 valence electrons. The number of carbonyl (C=O) groups is 1. The van der Waals surface area contributed by atoms with E-state index in [2.05, 4.69) is 25.4 Å². The molecule has 0 aromatic heterocycles. The first kappa shape index (κ1) is 24.8. The smallest absolute Gasteiger partial charge is 0.234 e. The number of rotatable bonds is 6. The summed E-state index contributed by atoms with van der Waals surface area (Å²) in [5, 5.41) is 6.31. The first-order valence-electron chi connectivity index (χ1n) is 10.4. The quantitative estimate of drug-likeness (QED) is 0.334. The molecule has 0 radical (unpaired) electrons. The minimum atomic E-state index is -0.485. The summed E-state index contributed by atoms with van der Waals surface area (Å²) < 4.78 is 28.1. The van der Waals surface area contributed by atoms with E-state index in [1.165, 1.54) is 18.2 Å². The van der Waals surface area contributed by atoms with Gasteiger partial charge in [-0.25, -0.2) is 8.78 Å². The molecule has 2 fully saturated rings. The van der Waals surface area contributed by atoms with Crippen molar-refractivity contribution in [3.8, 4) is 0 Å². The van der Waals surface area contributed by atoms with Crippen molar-refractivity contribution in [1.29, 1.82) is 0 Å². The second kappa shape index (κ2) is 11.2. The van der Waals surface area contributed by atoms with Gasteiger partial charge in [0.05, 0.1) is 6.54 Å². The monoisotopic (exact) mass is 535 g/mol. The van der Waals surface area contributed by atoms with Gasteiger partial charge in [-0.2, -0.15) is 0 Å². The van der Waals surface area contributed by atoms with Crippen LogP contribution >= 0.6 is 24.0 Å². The van der Waals surface area contributed by atoms with Crippen LogP contribution in [-0.4, -0.2) is 73.0 Å². The Morgan fingerprint density at radius 3 is 2.40 bits per heavy atom. The first-order chi connectivity index (χ1) is 13.9. The van der Waals surface area contributed by atoms with E-state index in [-0.39, 0.29) is 53.4 Å². The molecule has 1 aromatic rings. The second-order valence-corrected chi connectivity index (χ2v) is 8.01. The van der Waals surface area contributed by atoms with Gasteiger partial charge in [-0.3, -0.25) is 14.7 Å². The third kappa shape index (κ3) is 6.50. The molecule has 6 nitrogen and oxygen atoms in total. The highest BCUT2D eigenvalue weighted by Crippen LogP contribution is 2.43. The molecule has 2 N–H and O–H groups in total. The van der Waals surface area contributed by atoms with E-state index in [1.807, 2.05) is 20.8 Å². The Kier molecular flexibility index (Phi) is 9.27. The number of hydrogen-bond acceptors (Lipinski definition) is 3. The van der Waals surface area contributed by atoms with Gasteiger partial charge in [0.2, 0.25) is 5.91 Å². The Morgan fingerprint density at radius 1 is 1.20 bits per heavy atom. The van der Waals surface area contributed by atoms with Gasteiger partial charge in [0, 0.05) is 56.3 Å². The summed E-state index contributed by atoms with van der Waals surface area (Å²) in [6.07, 6.45) is 0.690. The van der Waals surface area contributed by atoms with Crippen LogP contribution in [0.5, 0.6) is 0 Å². The van der Waals surface area contributed by atoms with E-state index in [4.69, 9.17) is 0 Å². The van der Waals surface area contributed by atoms with E-state index < -0.39 is 11.6 Å². The maximum Gasteiger partial charge on any atom is 0.234 e. The Bertz CT molecular complexity index is 733. The zero-order valence-electron chi connectivity index (χ0n) is 17.8. The van der Waals surface area contributed by atoms with Gasteiger partial charge in [-0.1, -0.05) is 6.07 Å². The maximum atomic E-state index is 14.0. The van der Waals surface area contributed by atoms with Crippen LogP contribution in [0.1, 0.15) is 38.7 Å². The number of hydrogen-bond donors (Lipinski definition) is 2. The molecule has 1 aliphatic carbocycles. The molecule has 2 aliphatic rings. The molecule has 1 saturated carbocycles. The Morgan fingerprint density at radius 2 is 1.83 bits per heavy atom. The predicted molar refractivity (Wildman–Crippen MR) is 125 cm³/mol. The van der Waals surface area contributed by atoms with Gasteiger partial charge in [0.1, 0.15) is 11.6 Å². The summed E-state index contributed by atoms with van der Waals surface area (Å²) >= 11 is 0. The highest BCUT2D eigenvalue weighted by molar-refractivity contribution is 14.0. The van der Waals surface area contributed by atoms with Crippen LogP contribution in [0.4, 0.5) is 8.78 Å². The van der Waals surface area contributed by atoms with Gasteiger partial charge < -0.3 is 15.5 Å². The highest BCUT2D eigenvalue weighted by Gasteiger charge is 2.43. The number of carbonyl (C=O) groups excluding carboxylic acids is 1. The first-order valence-corrected chi connectivity index (χ1v) is 10.4. The lowest BCUT2D eigenvalue weighted by atomic mass is 10.1. The topological polar surface area (TPSA) is 60.0 Å². The number of aliphatic imine (C=N–C) groups is 1. The number of nitrogens with zero attached hydrogens (tertiary/aromatic N) is 3.